The van der Waals surface area contributed by atoms with Crippen LogP contribution in [0.4, 0.5) is 0 Å². The summed E-state index contributed by atoms with van der Waals surface area (Å²) < 4.78 is 0. The Balaban J connectivity index is 3.00. The minimum Gasteiger partial charge on any atom is -0.0654 e. The van der Waals surface area contributed by atoms with E-state index in [9.17, 15) is 0 Å². The summed E-state index contributed by atoms with van der Waals surface area (Å²) in [6, 6.07) is 0. The van der Waals surface area contributed by atoms with Crippen molar-refractivity contribution in [3.63, 3.8) is 0 Å². The Kier molecular flexibility index (Phi) is 36.0. The monoisotopic (exact) mass is 520 g/mol. The second kappa shape index (κ2) is 36.0. The van der Waals surface area contributed by atoms with Crippen LogP contribution in [-0.2, 0) is 0 Å². The summed E-state index contributed by atoms with van der Waals surface area (Å²) in [7, 11) is 0. The third-order valence-electron chi connectivity index (χ3n) is 8.60. The summed E-state index contributed by atoms with van der Waals surface area (Å²) in [6.07, 6.45) is 51.3. The predicted octanol–water partition coefficient (Wildman–Crippen LogP) is 14.5. The van der Waals surface area contributed by atoms with E-state index in [0.717, 1.165) is 6.42 Å². The highest BCUT2D eigenvalue weighted by molar-refractivity contribution is 4.53. The third kappa shape index (κ3) is 36.0. The number of hydrogen-bond donors (Lipinski definition) is 0. The van der Waals surface area contributed by atoms with Crippen molar-refractivity contribution in [2.45, 2.75) is 232 Å². The van der Waals surface area contributed by atoms with E-state index in [2.05, 4.69) is 13.8 Å². The summed E-state index contributed by atoms with van der Waals surface area (Å²) in [5, 5.41) is 0. The average Bonchev–Trinajstić information content (AvgIpc) is 2.91. The van der Waals surface area contributed by atoms with Crippen LogP contribution < -0.4 is 0 Å². The molecule has 0 saturated heterocycles. The first kappa shape index (κ1) is 37.0. The molecular formula is C37H75. The molecule has 0 N–H and O–H groups in total. The molecular weight excluding hydrogens is 444 g/mol. The molecule has 0 atom stereocenters. The van der Waals surface area contributed by atoms with Crippen molar-refractivity contribution in [3.8, 4) is 0 Å². The first-order valence-corrected chi connectivity index (χ1v) is 18.2. The molecule has 0 aliphatic carbocycles. The largest absolute Gasteiger partial charge is 0.0654 e. The average molecular weight is 520 g/mol. The molecule has 1 radical (unpaired) electrons. The van der Waals surface area contributed by atoms with E-state index in [1.165, 1.54) is 218 Å². The maximum atomic E-state index is 3.93. The molecule has 0 spiro atoms. The van der Waals surface area contributed by atoms with Gasteiger partial charge in [0.1, 0.15) is 0 Å². The lowest BCUT2D eigenvalue weighted by molar-refractivity contribution is 0.511. The van der Waals surface area contributed by atoms with Gasteiger partial charge >= 0.3 is 0 Å². The predicted molar refractivity (Wildman–Crippen MR) is 173 cm³/mol. The highest BCUT2D eigenvalue weighted by Crippen LogP contribution is 2.17. The number of rotatable bonds is 34. The maximum Gasteiger partial charge on any atom is -0.0533 e. The molecule has 0 aromatic rings. The number of hydrogen-bond acceptors (Lipinski definition) is 0. The molecule has 0 aromatic carbocycles. The van der Waals surface area contributed by atoms with Crippen LogP contribution in [0.1, 0.15) is 232 Å². The van der Waals surface area contributed by atoms with Gasteiger partial charge in [0.15, 0.2) is 0 Å². The SMILES string of the molecule is [CH2]CCCCCCCCCCCCCCCCCCCCCCCCCCCCCCCCCCCC. The zero-order valence-corrected chi connectivity index (χ0v) is 26.5. The van der Waals surface area contributed by atoms with Crippen LogP contribution in [0.15, 0.2) is 0 Å². The van der Waals surface area contributed by atoms with Gasteiger partial charge in [0.25, 0.3) is 0 Å². The lowest BCUT2D eigenvalue weighted by Gasteiger charge is -2.05. The van der Waals surface area contributed by atoms with Crippen LogP contribution in [0.3, 0.4) is 0 Å². The van der Waals surface area contributed by atoms with Gasteiger partial charge in [-0.05, 0) is 0 Å². The van der Waals surface area contributed by atoms with Crippen molar-refractivity contribution in [3.05, 3.63) is 6.92 Å². The second-order valence-corrected chi connectivity index (χ2v) is 12.5. The summed E-state index contributed by atoms with van der Waals surface area (Å²) in [6.45, 7) is 6.24. The highest BCUT2D eigenvalue weighted by atomic mass is 14.0. The molecule has 0 aromatic heterocycles. The quantitative estimate of drug-likeness (QED) is 0.0741. The Bertz CT molecular complexity index is 325. The van der Waals surface area contributed by atoms with E-state index in [1.54, 1.807) is 0 Å². The van der Waals surface area contributed by atoms with Crippen LogP contribution >= 0.6 is 0 Å². The summed E-state index contributed by atoms with van der Waals surface area (Å²) in [5.41, 5.74) is 0. The molecule has 0 nitrogen and oxygen atoms in total. The number of unbranched alkanes of at least 4 members (excludes halogenated alkanes) is 34. The Morgan fingerprint density at radius 3 is 0.486 bits per heavy atom. The van der Waals surface area contributed by atoms with Gasteiger partial charge < -0.3 is 0 Å². The van der Waals surface area contributed by atoms with E-state index in [1.807, 2.05) is 0 Å². The van der Waals surface area contributed by atoms with Crippen LogP contribution in [0.2, 0.25) is 0 Å². The molecule has 0 aliphatic rings. The van der Waals surface area contributed by atoms with Gasteiger partial charge in [-0.25, -0.2) is 0 Å². The van der Waals surface area contributed by atoms with E-state index in [0.29, 0.717) is 0 Å². The minimum atomic E-state index is 1.12. The van der Waals surface area contributed by atoms with Crippen LogP contribution in [0.25, 0.3) is 0 Å². The molecule has 0 heterocycles. The summed E-state index contributed by atoms with van der Waals surface area (Å²) in [4.78, 5) is 0. The topological polar surface area (TPSA) is 0 Å². The van der Waals surface area contributed by atoms with Crippen molar-refractivity contribution < 1.29 is 0 Å². The zero-order chi connectivity index (χ0) is 26.7. The van der Waals surface area contributed by atoms with E-state index >= 15 is 0 Å². The van der Waals surface area contributed by atoms with Gasteiger partial charge in [-0.2, -0.15) is 0 Å². The van der Waals surface area contributed by atoms with Gasteiger partial charge in [-0.1, -0.05) is 239 Å². The van der Waals surface area contributed by atoms with Gasteiger partial charge in [-0.15, -0.1) is 0 Å². The van der Waals surface area contributed by atoms with Crippen molar-refractivity contribution in [2.24, 2.45) is 0 Å². The van der Waals surface area contributed by atoms with Crippen molar-refractivity contribution in [2.75, 3.05) is 0 Å². The molecule has 223 valence electrons. The van der Waals surface area contributed by atoms with E-state index in [-0.39, 0.29) is 0 Å². The molecule has 0 heteroatoms. The Labute approximate surface area is 238 Å². The lowest BCUT2D eigenvalue weighted by Crippen LogP contribution is -1.85. The minimum absolute atomic E-state index is 1.12. The van der Waals surface area contributed by atoms with Gasteiger partial charge in [-0.3, -0.25) is 0 Å². The summed E-state index contributed by atoms with van der Waals surface area (Å²) in [5.74, 6) is 0. The van der Waals surface area contributed by atoms with Crippen LogP contribution in [0, 0.1) is 6.92 Å². The molecule has 37 heavy (non-hydrogen) atoms. The van der Waals surface area contributed by atoms with Crippen LogP contribution in [-0.4, -0.2) is 0 Å². The van der Waals surface area contributed by atoms with E-state index < -0.39 is 0 Å². The van der Waals surface area contributed by atoms with E-state index in [4.69, 9.17) is 0 Å². The third-order valence-corrected chi connectivity index (χ3v) is 8.60. The summed E-state index contributed by atoms with van der Waals surface area (Å²) >= 11 is 0. The second-order valence-electron chi connectivity index (χ2n) is 12.5. The Morgan fingerprint density at radius 2 is 0.351 bits per heavy atom. The maximum absolute atomic E-state index is 3.93. The fourth-order valence-corrected chi connectivity index (χ4v) is 5.91. The fraction of sp³-hybridized carbons (Fsp3) is 0.973. The molecule has 0 aliphatic heterocycles. The highest BCUT2D eigenvalue weighted by Gasteiger charge is 1.97. The normalized spacial score (nSPS) is 11.5. The van der Waals surface area contributed by atoms with Gasteiger partial charge in [0.2, 0.25) is 0 Å². The van der Waals surface area contributed by atoms with Crippen LogP contribution in [0.5, 0.6) is 0 Å². The fourth-order valence-electron chi connectivity index (χ4n) is 5.91. The Hall–Kier alpha value is 0. The first-order valence-electron chi connectivity index (χ1n) is 18.2. The zero-order valence-electron chi connectivity index (χ0n) is 26.5. The molecule has 0 unspecified atom stereocenters. The smallest absolute Gasteiger partial charge is 0.0533 e. The lowest BCUT2D eigenvalue weighted by atomic mass is 10.0. The first-order chi connectivity index (χ1) is 18.4. The standard InChI is InChI=1S/C37H75/c1-3-5-7-9-11-13-15-17-19-21-23-25-27-29-31-33-35-37-36-34-32-30-28-26-24-22-20-18-16-14-12-10-8-6-4-2/h1,3-37H2,2H3. The molecule has 0 bridgehead atoms. The van der Waals surface area contributed by atoms with Crippen molar-refractivity contribution in [1.82, 2.24) is 0 Å². The molecule has 0 saturated carbocycles. The molecule has 0 amide bonds. The van der Waals surface area contributed by atoms with Crippen molar-refractivity contribution >= 4 is 0 Å². The molecule has 0 fully saturated rings. The van der Waals surface area contributed by atoms with Gasteiger partial charge in [0, 0.05) is 0 Å². The molecule has 0 rings (SSSR count). The Morgan fingerprint density at radius 1 is 0.216 bits per heavy atom. The van der Waals surface area contributed by atoms with Crippen molar-refractivity contribution in [1.29, 1.82) is 0 Å². The van der Waals surface area contributed by atoms with Gasteiger partial charge in [0.05, 0.1) is 0 Å².